The van der Waals surface area contributed by atoms with Crippen molar-refractivity contribution in [1.82, 2.24) is 4.90 Å². The summed E-state index contributed by atoms with van der Waals surface area (Å²) in [6.45, 7) is 3.39. The molecule has 1 aliphatic heterocycles. The molecule has 1 aromatic heterocycles. The quantitative estimate of drug-likeness (QED) is 0.137. The second-order valence-corrected chi connectivity index (χ2v) is 11.7. The van der Waals surface area contributed by atoms with Gasteiger partial charge in [0, 0.05) is 17.9 Å². The smallest absolute Gasteiger partial charge is 0.113 e. The van der Waals surface area contributed by atoms with Gasteiger partial charge < -0.3 is 14.2 Å². The molecule has 2 heterocycles. The summed E-state index contributed by atoms with van der Waals surface area (Å²) in [6, 6.07) is 33.6. The van der Waals surface area contributed by atoms with E-state index in [9.17, 15) is 0 Å². The van der Waals surface area contributed by atoms with Gasteiger partial charge in [-0.2, -0.15) is 11.3 Å². The minimum atomic E-state index is -0.205. The van der Waals surface area contributed by atoms with Gasteiger partial charge in [-0.25, -0.2) is 0 Å². The van der Waals surface area contributed by atoms with Crippen molar-refractivity contribution in [2.45, 2.75) is 57.0 Å². The standard InChI is InChI=1S/C34H38BrNO3S/c35-21-31-33(38-24-28-13-6-2-7-14-28)34(39-25-29-15-8-3-9-16-29)32(37-23-27-11-4-1-5-12-27)22-36(31)19-10-17-30-18-20-40-26-30/h1-9,11-16,18,20,26,31-34H,10,17,19,21-25H2/t31-,32+,33-,34-/m1/s1. The average Bonchev–Trinajstić information content (AvgIpc) is 3.53. The third-order valence-corrected chi connectivity index (χ3v) is 8.87. The van der Waals surface area contributed by atoms with E-state index in [0.29, 0.717) is 19.8 Å². The predicted octanol–water partition coefficient (Wildman–Crippen LogP) is 7.52. The van der Waals surface area contributed by atoms with Crippen LogP contribution >= 0.6 is 27.3 Å². The summed E-state index contributed by atoms with van der Waals surface area (Å²) in [4.78, 5) is 2.55. The van der Waals surface area contributed by atoms with Crippen LogP contribution in [-0.4, -0.2) is 47.7 Å². The molecule has 1 saturated heterocycles. The first-order valence-electron chi connectivity index (χ1n) is 14.1. The molecule has 4 atom stereocenters. The normalized spacial score (nSPS) is 21.4. The Hall–Kier alpha value is -2.32. The van der Waals surface area contributed by atoms with E-state index in [2.05, 4.69) is 110 Å². The molecule has 0 aliphatic carbocycles. The fourth-order valence-corrected chi connectivity index (χ4v) is 6.82. The fraction of sp³-hybridized carbons (Fsp3) is 0.353. The molecule has 0 saturated carbocycles. The number of rotatable bonds is 14. The molecule has 210 valence electrons. The highest BCUT2D eigenvalue weighted by Gasteiger charge is 2.45. The number of halogens is 1. The van der Waals surface area contributed by atoms with Crippen LogP contribution < -0.4 is 0 Å². The summed E-state index contributed by atoms with van der Waals surface area (Å²) in [5.41, 5.74) is 4.89. The van der Waals surface area contributed by atoms with Crippen molar-refractivity contribution in [3.05, 3.63) is 130 Å². The first-order valence-corrected chi connectivity index (χ1v) is 16.1. The Morgan fingerprint density at radius 3 is 1.75 bits per heavy atom. The van der Waals surface area contributed by atoms with Crippen molar-refractivity contribution < 1.29 is 14.2 Å². The Morgan fingerprint density at radius 2 is 1.23 bits per heavy atom. The molecule has 1 fully saturated rings. The summed E-state index contributed by atoms with van der Waals surface area (Å²) in [5, 5.41) is 5.22. The van der Waals surface area contributed by atoms with E-state index in [1.807, 2.05) is 18.2 Å². The van der Waals surface area contributed by atoms with Gasteiger partial charge in [0.05, 0.1) is 25.9 Å². The number of piperidine rings is 1. The van der Waals surface area contributed by atoms with Crippen LogP contribution in [0.5, 0.6) is 0 Å². The van der Waals surface area contributed by atoms with Crippen molar-refractivity contribution in [1.29, 1.82) is 0 Å². The number of likely N-dealkylation sites (tertiary alicyclic amines) is 1. The van der Waals surface area contributed by atoms with Crippen molar-refractivity contribution in [3.63, 3.8) is 0 Å². The summed E-state index contributed by atoms with van der Waals surface area (Å²) in [7, 11) is 0. The fourth-order valence-electron chi connectivity index (χ4n) is 5.34. The van der Waals surface area contributed by atoms with E-state index in [-0.39, 0.29) is 24.4 Å². The van der Waals surface area contributed by atoms with Gasteiger partial charge >= 0.3 is 0 Å². The minimum Gasteiger partial charge on any atom is -0.369 e. The average molecular weight is 621 g/mol. The molecular weight excluding hydrogens is 582 g/mol. The highest BCUT2D eigenvalue weighted by atomic mass is 79.9. The topological polar surface area (TPSA) is 30.9 Å². The monoisotopic (exact) mass is 619 g/mol. The Kier molecular flexibility index (Phi) is 11.4. The number of alkyl halides is 1. The number of benzene rings is 3. The van der Waals surface area contributed by atoms with Crippen LogP contribution in [0.3, 0.4) is 0 Å². The van der Waals surface area contributed by atoms with Crippen LogP contribution in [0.1, 0.15) is 28.7 Å². The number of aryl methyl sites for hydroxylation is 1. The number of hydrogen-bond donors (Lipinski definition) is 0. The molecule has 4 nitrogen and oxygen atoms in total. The first-order chi connectivity index (χ1) is 19.8. The number of nitrogens with zero attached hydrogens (tertiary/aromatic N) is 1. The lowest BCUT2D eigenvalue weighted by Crippen LogP contribution is -2.64. The maximum Gasteiger partial charge on any atom is 0.113 e. The summed E-state index contributed by atoms with van der Waals surface area (Å²) >= 11 is 5.62. The minimum absolute atomic E-state index is 0.124. The number of hydrogen-bond acceptors (Lipinski definition) is 5. The van der Waals surface area contributed by atoms with Crippen LogP contribution in [0, 0.1) is 0 Å². The van der Waals surface area contributed by atoms with Crippen LogP contribution in [0.25, 0.3) is 0 Å². The van der Waals surface area contributed by atoms with Gasteiger partial charge in [-0.05, 0) is 58.5 Å². The van der Waals surface area contributed by atoms with Crippen molar-refractivity contribution >= 4 is 27.3 Å². The molecule has 5 rings (SSSR count). The second kappa shape index (κ2) is 15.6. The van der Waals surface area contributed by atoms with E-state index < -0.39 is 0 Å². The molecule has 0 spiro atoms. The van der Waals surface area contributed by atoms with Crippen molar-refractivity contribution in [3.8, 4) is 0 Å². The zero-order chi connectivity index (χ0) is 27.4. The molecule has 40 heavy (non-hydrogen) atoms. The predicted molar refractivity (Wildman–Crippen MR) is 167 cm³/mol. The Bertz CT molecular complexity index is 1230. The molecular formula is C34H38BrNO3S. The van der Waals surface area contributed by atoms with Gasteiger partial charge in [-0.15, -0.1) is 0 Å². The lowest BCUT2D eigenvalue weighted by molar-refractivity contribution is -0.199. The van der Waals surface area contributed by atoms with Crippen LogP contribution in [0.15, 0.2) is 108 Å². The Labute approximate surface area is 251 Å². The van der Waals surface area contributed by atoms with Gasteiger partial charge in [-0.3, -0.25) is 4.90 Å². The van der Waals surface area contributed by atoms with Gasteiger partial charge in [0.15, 0.2) is 0 Å². The highest BCUT2D eigenvalue weighted by molar-refractivity contribution is 9.09. The van der Waals surface area contributed by atoms with E-state index in [4.69, 9.17) is 14.2 Å². The van der Waals surface area contributed by atoms with Gasteiger partial charge in [0.25, 0.3) is 0 Å². The van der Waals surface area contributed by atoms with E-state index in [1.165, 1.54) is 5.56 Å². The van der Waals surface area contributed by atoms with Gasteiger partial charge in [-0.1, -0.05) is 107 Å². The van der Waals surface area contributed by atoms with Gasteiger partial charge in [0.1, 0.15) is 12.2 Å². The lowest BCUT2D eigenvalue weighted by Gasteiger charge is -2.48. The summed E-state index contributed by atoms with van der Waals surface area (Å²) < 4.78 is 20.1. The van der Waals surface area contributed by atoms with Crippen LogP contribution in [-0.2, 0) is 40.5 Å². The zero-order valence-corrected chi connectivity index (χ0v) is 25.2. The largest absolute Gasteiger partial charge is 0.369 e. The molecule has 1 aliphatic rings. The lowest BCUT2D eigenvalue weighted by atomic mass is 9.93. The molecule has 0 bridgehead atoms. The zero-order valence-electron chi connectivity index (χ0n) is 22.8. The van der Waals surface area contributed by atoms with E-state index in [0.717, 1.165) is 48.0 Å². The molecule has 0 amide bonds. The number of thiophene rings is 1. The molecule has 3 aromatic carbocycles. The molecule has 0 N–H and O–H groups in total. The van der Waals surface area contributed by atoms with E-state index in [1.54, 1.807) is 11.3 Å². The third-order valence-electron chi connectivity index (χ3n) is 7.48. The first kappa shape index (κ1) is 29.2. The Balaban J connectivity index is 1.37. The van der Waals surface area contributed by atoms with Crippen molar-refractivity contribution in [2.24, 2.45) is 0 Å². The summed E-state index contributed by atoms with van der Waals surface area (Å²) in [6.07, 6.45) is 1.68. The SMILES string of the molecule is BrC[C@@H]1[C@@H](OCc2ccccc2)[C@H](OCc2ccccc2)[C@@H](OCc2ccccc2)CN1CCCc1ccsc1. The molecule has 0 radical (unpaired) electrons. The molecule has 4 aromatic rings. The van der Waals surface area contributed by atoms with Crippen LogP contribution in [0.4, 0.5) is 0 Å². The number of ether oxygens (including phenoxy) is 3. The maximum absolute atomic E-state index is 6.76. The Morgan fingerprint density at radius 1 is 0.675 bits per heavy atom. The van der Waals surface area contributed by atoms with Crippen molar-refractivity contribution in [2.75, 3.05) is 18.4 Å². The van der Waals surface area contributed by atoms with E-state index >= 15 is 0 Å². The molecule has 6 heteroatoms. The van der Waals surface area contributed by atoms with Crippen LogP contribution in [0.2, 0.25) is 0 Å². The highest BCUT2D eigenvalue weighted by Crippen LogP contribution is 2.30. The van der Waals surface area contributed by atoms with Gasteiger partial charge in [0.2, 0.25) is 0 Å². The third kappa shape index (κ3) is 8.35. The second-order valence-electron chi connectivity index (χ2n) is 10.3. The summed E-state index contributed by atoms with van der Waals surface area (Å²) in [5.74, 6) is 0. The molecule has 0 unspecified atom stereocenters. The maximum atomic E-state index is 6.76.